The van der Waals surface area contributed by atoms with Crippen molar-refractivity contribution in [3.05, 3.63) is 23.3 Å². The van der Waals surface area contributed by atoms with Gasteiger partial charge in [-0.1, -0.05) is 23.2 Å². The summed E-state index contributed by atoms with van der Waals surface area (Å²) in [7, 11) is -3.48. The number of hydrogen-bond acceptors (Lipinski definition) is 3. The average Bonchev–Trinajstić information content (AvgIpc) is 2.27. The summed E-state index contributed by atoms with van der Waals surface area (Å²) in [5.41, 5.74) is 1.98. The van der Waals surface area contributed by atoms with Crippen LogP contribution in [0.1, 0.15) is 13.8 Å². The first-order valence-electron chi connectivity index (χ1n) is 5.18. The molecular formula is C11H12Cl2N2O3S. The molecule has 0 saturated heterocycles. The lowest BCUT2D eigenvalue weighted by Crippen LogP contribution is -2.15. The fourth-order valence-corrected chi connectivity index (χ4v) is 2.01. The predicted molar refractivity (Wildman–Crippen MR) is 77.7 cm³/mol. The Labute approximate surface area is 121 Å². The van der Waals surface area contributed by atoms with E-state index >= 15 is 0 Å². The molecule has 0 spiro atoms. The maximum Gasteiger partial charge on any atom is 0.279 e. The monoisotopic (exact) mass is 322 g/mol. The number of allylic oxidation sites excluding steroid dienone is 4. The van der Waals surface area contributed by atoms with Crippen molar-refractivity contribution in [2.45, 2.75) is 18.7 Å². The first-order chi connectivity index (χ1) is 8.61. The molecule has 0 saturated carbocycles. The molecule has 104 valence electrons. The van der Waals surface area contributed by atoms with Gasteiger partial charge in [-0.05, 0) is 37.1 Å². The zero-order chi connectivity index (χ0) is 14.8. The topological polar surface area (TPSA) is 75.9 Å². The number of aliphatic imine (C=N–C) groups is 1. The molecule has 0 aromatic carbocycles. The van der Waals surface area contributed by atoms with Crippen molar-refractivity contribution in [1.82, 2.24) is 0 Å². The van der Waals surface area contributed by atoms with Crippen molar-refractivity contribution in [2.24, 2.45) is 9.39 Å². The Balaban J connectivity index is 3.21. The maximum atomic E-state index is 11.3. The van der Waals surface area contributed by atoms with Gasteiger partial charge in [-0.3, -0.25) is 4.79 Å². The largest absolute Gasteiger partial charge is 0.279 e. The van der Waals surface area contributed by atoms with E-state index in [9.17, 15) is 13.2 Å². The Morgan fingerprint density at radius 1 is 1.16 bits per heavy atom. The molecule has 19 heavy (non-hydrogen) atoms. The number of carbonyl (C=O) groups is 1. The summed E-state index contributed by atoms with van der Waals surface area (Å²) >= 11 is 10.8. The second-order valence-electron chi connectivity index (χ2n) is 3.93. The molecule has 0 aromatic rings. The van der Waals surface area contributed by atoms with E-state index in [0.29, 0.717) is 22.6 Å². The van der Waals surface area contributed by atoms with Gasteiger partial charge in [0.1, 0.15) is 0 Å². The minimum Gasteiger partial charge on any atom is -0.269 e. The Morgan fingerprint density at radius 2 is 1.63 bits per heavy atom. The number of alkyl halides is 2. The van der Waals surface area contributed by atoms with Crippen LogP contribution in [0, 0.1) is 0 Å². The summed E-state index contributed by atoms with van der Waals surface area (Å²) < 4.78 is 25.9. The molecule has 0 bridgehead atoms. The minimum atomic E-state index is -3.48. The molecular weight excluding hydrogens is 311 g/mol. The van der Waals surface area contributed by atoms with Crippen LogP contribution in [0.15, 0.2) is 32.7 Å². The van der Waals surface area contributed by atoms with Crippen molar-refractivity contribution in [1.29, 1.82) is 0 Å². The summed E-state index contributed by atoms with van der Waals surface area (Å²) in [4.78, 5) is 13.9. The number of rotatable bonds is 2. The molecule has 1 rings (SSSR count). The fourth-order valence-electron chi connectivity index (χ4n) is 1.36. The van der Waals surface area contributed by atoms with Crippen LogP contribution in [0.5, 0.6) is 0 Å². The van der Waals surface area contributed by atoms with Crippen LogP contribution >= 0.6 is 23.2 Å². The molecule has 1 aliphatic rings. The quantitative estimate of drug-likeness (QED) is 0.576. The molecule has 8 heteroatoms. The van der Waals surface area contributed by atoms with E-state index in [1.807, 2.05) is 0 Å². The summed E-state index contributed by atoms with van der Waals surface area (Å²) in [6.45, 7) is 3.40. The Bertz CT molecular complexity index is 628. The molecule has 0 unspecified atom stereocenters. The summed E-state index contributed by atoms with van der Waals surface area (Å²) in [5, 5.41) is 0. The highest BCUT2D eigenvalue weighted by atomic mass is 35.5. The van der Waals surface area contributed by atoms with Crippen LogP contribution in [0.2, 0.25) is 0 Å². The predicted octanol–water partition coefficient (Wildman–Crippen LogP) is 2.06. The highest BCUT2D eigenvalue weighted by Crippen LogP contribution is 2.17. The third kappa shape index (κ3) is 4.56. The third-order valence-electron chi connectivity index (χ3n) is 2.41. The Kier molecular flexibility index (Phi) is 5.06. The van der Waals surface area contributed by atoms with E-state index in [0.717, 1.165) is 6.26 Å². The Morgan fingerprint density at radius 3 is 2.11 bits per heavy atom. The van der Waals surface area contributed by atoms with Crippen LogP contribution in [0.3, 0.4) is 0 Å². The molecule has 1 amide bonds. The lowest BCUT2D eigenvalue weighted by atomic mass is 9.96. The maximum absolute atomic E-state index is 11.3. The fraction of sp³-hybridized carbons (Fsp3) is 0.364. The van der Waals surface area contributed by atoms with Crippen molar-refractivity contribution in [2.75, 3.05) is 6.26 Å². The smallest absolute Gasteiger partial charge is 0.269 e. The van der Waals surface area contributed by atoms with Crippen molar-refractivity contribution < 1.29 is 13.2 Å². The zero-order valence-corrected chi connectivity index (χ0v) is 12.8. The second kappa shape index (κ2) is 5.98. The SMILES string of the molecule is CC1=C(C)/C(=N/S(C)(=O)=O)C=CC1=NC(=O)C(Cl)Cl. The van der Waals surface area contributed by atoms with Gasteiger partial charge in [-0.15, -0.1) is 0 Å². The first kappa shape index (κ1) is 16.1. The number of sulfonamides is 1. The van der Waals surface area contributed by atoms with Gasteiger partial charge >= 0.3 is 0 Å². The first-order valence-corrected chi connectivity index (χ1v) is 7.91. The van der Waals surface area contributed by atoms with Crippen LogP contribution in [-0.4, -0.2) is 36.8 Å². The van der Waals surface area contributed by atoms with Crippen LogP contribution in [-0.2, 0) is 14.8 Å². The lowest BCUT2D eigenvalue weighted by molar-refractivity contribution is -0.116. The number of carbonyl (C=O) groups excluding carboxylic acids is 1. The number of amides is 1. The summed E-state index contributed by atoms with van der Waals surface area (Å²) in [6.07, 6.45) is 3.99. The average molecular weight is 323 g/mol. The van der Waals surface area contributed by atoms with Gasteiger partial charge in [0.2, 0.25) is 0 Å². The lowest BCUT2D eigenvalue weighted by Gasteiger charge is -2.13. The van der Waals surface area contributed by atoms with E-state index < -0.39 is 20.8 Å². The van der Waals surface area contributed by atoms with E-state index in [4.69, 9.17) is 23.2 Å². The number of halogens is 2. The molecule has 0 aliphatic heterocycles. The summed E-state index contributed by atoms with van der Waals surface area (Å²) in [5.74, 6) is -0.668. The van der Waals surface area contributed by atoms with Gasteiger partial charge in [0.15, 0.2) is 4.84 Å². The normalized spacial score (nSPS) is 20.7. The van der Waals surface area contributed by atoms with Crippen LogP contribution in [0.4, 0.5) is 0 Å². The highest BCUT2D eigenvalue weighted by molar-refractivity contribution is 7.89. The summed E-state index contributed by atoms with van der Waals surface area (Å²) in [6, 6.07) is 0. The molecule has 0 atom stereocenters. The number of nitrogens with zero attached hydrogens (tertiary/aromatic N) is 2. The molecule has 0 aromatic heterocycles. The highest BCUT2D eigenvalue weighted by Gasteiger charge is 2.17. The van der Waals surface area contributed by atoms with E-state index in [1.54, 1.807) is 13.8 Å². The second-order valence-corrected chi connectivity index (χ2v) is 6.67. The molecule has 0 fully saturated rings. The van der Waals surface area contributed by atoms with Gasteiger partial charge in [0.05, 0.1) is 17.7 Å². The van der Waals surface area contributed by atoms with Crippen molar-refractivity contribution in [3.8, 4) is 0 Å². The third-order valence-corrected chi connectivity index (χ3v) is 3.31. The number of hydrogen-bond donors (Lipinski definition) is 0. The molecule has 5 nitrogen and oxygen atoms in total. The molecule has 0 heterocycles. The van der Waals surface area contributed by atoms with E-state index in [2.05, 4.69) is 9.39 Å². The standard InChI is InChI=1S/C11H12Cl2N2O3S/c1-6-7(2)9(15-19(3,17)18)5-4-8(6)14-11(16)10(12)13/h4-5,10H,1-3H3/b14-8?,15-9+. The van der Waals surface area contributed by atoms with Crippen LogP contribution in [0.25, 0.3) is 0 Å². The zero-order valence-electron chi connectivity index (χ0n) is 10.5. The molecule has 0 radical (unpaired) electrons. The van der Waals surface area contributed by atoms with E-state index in [1.165, 1.54) is 12.2 Å². The molecule has 1 aliphatic carbocycles. The van der Waals surface area contributed by atoms with E-state index in [-0.39, 0.29) is 0 Å². The minimum absolute atomic E-state index is 0.319. The van der Waals surface area contributed by atoms with Gasteiger partial charge in [0, 0.05) is 0 Å². The molecule has 0 N–H and O–H groups in total. The van der Waals surface area contributed by atoms with Gasteiger partial charge in [-0.25, -0.2) is 13.4 Å². The van der Waals surface area contributed by atoms with Crippen LogP contribution < -0.4 is 0 Å². The van der Waals surface area contributed by atoms with Gasteiger partial charge < -0.3 is 0 Å². The van der Waals surface area contributed by atoms with Gasteiger partial charge in [-0.2, -0.15) is 4.40 Å². The van der Waals surface area contributed by atoms with Crippen molar-refractivity contribution >= 4 is 50.6 Å². The van der Waals surface area contributed by atoms with Gasteiger partial charge in [0.25, 0.3) is 15.9 Å². The van der Waals surface area contributed by atoms with Crippen molar-refractivity contribution in [3.63, 3.8) is 0 Å². The Hall–Kier alpha value is -0.980.